The zero-order valence-corrected chi connectivity index (χ0v) is 13.9. The van der Waals surface area contributed by atoms with Gasteiger partial charge in [-0.05, 0) is 41.5 Å². The van der Waals surface area contributed by atoms with Gasteiger partial charge in [0.15, 0.2) is 5.78 Å². The maximum atomic E-state index is 13.2. The highest BCUT2D eigenvalue weighted by Crippen LogP contribution is 2.19. The van der Waals surface area contributed by atoms with Crippen molar-refractivity contribution in [1.29, 1.82) is 0 Å². The Bertz CT molecular complexity index is 1070. The summed E-state index contributed by atoms with van der Waals surface area (Å²) in [5.41, 5.74) is 4.11. The summed E-state index contributed by atoms with van der Waals surface area (Å²) in [6.07, 6.45) is 6.38. The molecule has 4 aromatic rings. The van der Waals surface area contributed by atoms with Crippen molar-refractivity contribution < 1.29 is 9.18 Å². The number of halogens is 1. The molecule has 5 heteroatoms. The quantitative estimate of drug-likeness (QED) is 0.554. The Morgan fingerprint density at radius 3 is 2.81 bits per heavy atom. The number of hydrogen-bond donors (Lipinski definition) is 1. The first kappa shape index (κ1) is 16.1. The molecule has 0 radical (unpaired) electrons. The van der Waals surface area contributed by atoms with E-state index in [1.165, 1.54) is 18.2 Å². The molecule has 0 spiro atoms. The highest BCUT2D eigenvalue weighted by molar-refractivity contribution is 5.97. The van der Waals surface area contributed by atoms with E-state index in [1.54, 1.807) is 18.5 Å². The van der Waals surface area contributed by atoms with E-state index >= 15 is 0 Å². The predicted molar refractivity (Wildman–Crippen MR) is 97.6 cm³/mol. The maximum absolute atomic E-state index is 13.2. The third-order valence-electron chi connectivity index (χ3n) is 4.31. The van der Waals surface area contributed by atoms with Crippen LogP contribution in [0.25, 0.3) is 11.0 Å². The van der Waals surface area contributed by atoms with Crippen LogP contribution >= 0.6 is 0 Å². The third kappa shape index (κ3) is 3.37. The first-order chi connectivity index (χ1) is 12.7. The molecule has 0 aliphatic carbocycles. The van der Waals surface area contributed by atoms with Crippen LogP contribution < -0.4 is 0 Å². The van der Waals surface area contributed by atoms with E-state index in [2.05, 4.69) is 15.0 Å². The van der Waals surface area contributed by atoms with Crippen LogP contribution in [0.5, 0.6) is 0 Å². The molecule has 0 aliphatic heterocycles. The highest BCUT2D eigenvalue weighted by Gasteiger charge is 2.10. The summed E-state index contributed by atoms with van der Waals surface area (Å²) >= 11 is 0. The van der Waals surface area contributed by atoms with Crippen molar-refractivity contribution in [3.05, 3.63) is 95.3 Å². The van der Waals surface area contributed by atoms with E-state index in [4.69, 9.17) is 0 Å². The zero-order chi connectivity index (χ0) is 17.9. The molecular formula is C21H16FN3O. The van der Waals surface area contributed by atoms with E-state index < -0.39 is 5.82 Å². The van der Waals surface area contributed by atoms with Crippen LogP contribution in [-0.2, 0) is 12.8 Å². The average molecular weight is 345 g/mol. The molecule has 0 fully saturated rings. The number of fused-ring (bicyclic) bond motifs is 1. The Kier molecular flexibility index (Phi) is 4.27. The minimum atomic E-state index is -0.410. The lowest BCUT2D eigenvalue weighted by Gasteiger charge is -2.04. The number of hydrogen-bond acceptors (Lipinski definition) is 3. The summed E-state index contributed by atoms with van der Waals surface area (Å²) in [5.74, 6) is -0.556. The molecule has 0 unspecified atom stereocenters. The lowest BCUT2D eigenvalue weighted by Crippen LogP contribution is -2.05. The number of H-pyrrole nitrogens is 1. The molecule has 1 aromatic carbocycles. The summed E-state index contributed by atoms with van der Waals surface area (Å²) in [5, 5.41) is 1.10. The summed E-state index contributed by atoms with van der Waals surface area (Å²) in [7, 11) is 0. The van der Waals surface area contributed by atoms with Crippen LogP contribution in [0.1, 0.15) is 27.2 Å². The van der Waals surface area contributed by atoms with Gasteiger partial charge in [0.1, 0.15) is 11.5 Å². The van der Waals surface area contributed by atoms with Crippen LogP contribution in [0, 0.1) is 5.82 Å². The van der Waals surface area contributed by atoms with Gasteiger partial charge >= 0.3 is 0 Å². The van der Waals surface area contributed by atoms with E-state index in [1.807, 2.05) is 30.5 Å². The molecule has 0 aliphatic rings. The van der Waals surface area contributed by atoms with Crippen LogP contribution in [0.4, 0.5) is 4.39 Å². The van der Waals surface area contributed by atoms with Crippen molar-refractivity contribution in [3.8, 4) is 0 Å². The topological polar surface area (TPSA) is 58.6 Å². The lowest BCUT2D eigenvalue weighted by molar-refractivity contribution is 0.0991. The number of aromatic nitrogens is 3. The van der Waals surface area contributed by atoms with Crippen molar-refractivity contribution in [2.24, 2.45) is 0 Å². The van der Waals surface area contributed by atoms with Crippen LogP contribution in [-0.4, -0.2) is 20.7 Å². The van der Waals surface area contributed by atoms with E-state index in [0.717, 1.165) is 28.6 Å². The number of carbonyl (C=O) groups excluding carboxylic acids is 1. The van der Waals surface area contributed by atoms with Crippen LogP contribution in [0.15, 0.2) is 67.1 Å². The maximum Gasteiger partial charge on any atom is 0.168 e. The molecule has 0 amide bonds. The second-order valence-electron chi connectivity index (χ2n) is 6.16. The van der Waals surface area contributed by atoms with Gasteiger partial charge in [0, 0.05) is 41.7 Å². The third-order valence-corrected chi connectivity index (χ3v) is 4.31. The molecule has 3 heterocycles. The summed E-state index contributed by atoms with van der Waals surface area (Å²) < 4.78 is 13.2. The summed E-state index contributed by atoms with van der Waals surface area (Å²) in [6, 6.07) is 13.5. The van der Waals surface area contributed by atoms with Gasteiger partial charge in [0.2, 0.25) is 0 Å². The zero-order valence-electron chi connectivity index (χ0n) is 13.9. The van der Waals surface area contributed by atoms with Crippen molar-refractivity contribution >= 4 is 16.8 Å². The van der Waals surface area contributed by atoms with Crippen LogP contribution in [0.2, 0.25) is 0 Å². The van der Waals surface area contributed by atoms with Crippen molar-refractivity contribution in [3.63, 3.8) is 0 Å². The van der Waals surface area contributed by atoms with Crippen LogP contribution in [0.3, 0.4) is 0 Å². The Morgan fingerprint density at radius 1 is 1.08 bits per heavy atom. The largest absolute Gasteiger partial charge is 0.346 e. The fourth-order valence-corrected chi connectivity index (χ4v) is 2.97. The Balaban J connectivity index is 1.47. The number of pyridine rings is 2. The van der Waals surface area contributed by atoms with Gasteiger partial charge in [0.25, 0.3) is 0 Å². The molecule has 0 saturated heterocycles. The number of carbonyl (C=O) groups is 1. The molecule has 1 N–H and O–H groups in total. The van der Waals surface area contributed by atoms with Gasteiger partial charge < -0.3 is 4.98 Å². The highest BCUT2D eigenvalue weighted by atomic mass is 19.1. The molecule has 0 saturated carbocycles. The second kappa shape index (κ2) is 6.88. The molecule has 0 bridgehead atoms. The monoisotopic (exact) mass is 345 g/mol. The summed E-state index contributed by atoms with van der Waals surface area (Å²) in [4.78, 5) is 24.1. The number of Topliss-reactive ketones (excluding diaryl/α,β-unsaturated/α-hetero) is 1. The minimum absolute atomic E-state index is 0.146. The van der Waals surface area contributed by atoms with Gasteiger partial charge in [-0.3, -0.25) is 9.78 Å². The van der Waals surface area contributed by atoms with E-state index in [0.29, 0.717) is 11.3 Å². The predicted octanol–water partition coefficient (Wildman–Crippen LogP) is 4.11. The number of aromatic amines is 1. The minimum Gasteiger partial charge on any atom is -0.346 e. The molecule has 4 nitrogen and oxygen atoms in total. The number of benzene rings is 1. The number of nitrogens with one attached hydrogen (secondary N) is 1. The number of rotatable bonds is 5. The fourth-order valence-electron chi connectivity index (χ4n) is 2.97. The van der Waals surface area contributed by atoms with Crippen molar-refractivity contribution in [1.82, 2.24) is 15.0 Å². The van der Waals surface area contributed by atoms with Crippen molar-refractivity contribution in [2.75, 3.05) is 0 Å². The SMILES string of the molecule is O=C(Cc1ccc(Cc2c[nH]c3ncccc23)cn1)c1cccc(F)c1. The van der Waals surface area contributed by atoms with Gasteiger partial charge in [0.05, 0.1) is 6.42 Å². The Morgan fingerprint density at radius 2 is 2.00 bits per heavy atom. The smallest absolute Gasteiger partial charge is 0.168 e. The Labute approximate surface area is 149 Å². The molecule has 4 rings (SSSR count). The van der Waals surface area contributed by atoms with Crippen molar-refractivity contribution in [2.45, 2.75) is 12.8 Å². The molecular weight excluding hydrogens is 329 g/mol. The second-order valence-corrected chi connectivity index (χ2v) is 6.16. The normalized spacial score (nSPS) is 11.0. The number of ketones is 1. The Hall–Kier alpha value is -3.34. The average Bonchev–Trinajstić information content (AvgIpc) is 3.06. The molecule has 26 heavy (non-hydrogen) atoms. The molecule has 128 valence electrons. The van der Waals surface area contributed by atoms with Gasteiger partial charge in [-0.25, -0.2) is 9.37 Å². The molecule has 0 atom stereocenters. The van der Waals surface area contributed by atoms with Gasteiger partial charge in [-0.1, -0.05) is 18.2 Å². The van der Waals surface area contributed by atoms with E-state index in [9.17, 15) is 9.18 Å². The first-order valence-corrected chi connectivity index (χ1v) is 8.32. The first-order valence-electron chi connectivity index (χ1n) is 8.32. The molecule has 3 aromatic heterocycles. The number of nitrogens with zero attached hydrogens (tertiary/aromatic N) is 2. The van der Waals surface area contributed by atoms with Gasteiger partial charge in [-0.15, -0.1) is 0 Å². The summed E-state index contributed by atoms with van der Waals surface area (Å²) in [6.45, 7) is 0. The fraction of sp³-hybridized carbons (Fsp3) is 0.0952. The standard InChI is InChI=1S/C21H16FN3O/c22-17-4-1-3-15(10-17)20(26)11-18-7-6-14(12-24-18)9-16-13-25-21-19(16)5-2-8-23-21/h1-8,10,12-13H,9,11H2,(H,23,25). The van der Waals surface area contributed by atoms with E-state index in [-0.39, 0.29) is 12.2 Å². The lowest BCUT2D eigenvalue weighted by atomic mass is 10.0. The van der Waals surface area contributed by atoms with Gasteiger partial charge in [-0.2, -0.15) is 0 Å².